The number of anilines is 1. The average molecular weight is 339 g/mol. The summed E-state index contributed by atoms with van der Waals surface area (Å²) in [5, 5.41) is 4.92. The number of fused-ring (bicyclic) bond motifs is 2. The van der Waals surface area contributed by atoms with Gasteiger partial charge in [0.1, 0.15) is 5.52 Å². The number of aromatic amines is 2. The van der Waals surface area contributed by atoms with E-state index in [-0.39, 0.29) is 11.6 Å². The van der Waals surface area contributed by atoms with Crippen molar-refractivity contribution in [3.63, 3.8) is 0 Å². The third kappa shape index (κ3) is 2.53. The summed E-state index contributed by atoms with van der Waals surface area (Å²) in [7, 11) is 0. The summed E-state index contributed by atoms with van der Waals surface area (Å²) in [6.07, 6.45) is 1.66. The molecule has 6 heteroatoms. The number of nitrogens with one attached hydrogen (secondary N) is 3. The first kappa shape index (κ1) is 14.8. The van der Waals surface area contributed by atoms with Crippen LogP contribution < -0.4 is 10.9 Å². The Hall–Kier alpha value is -2.79. The molecule has 0 amide bonds. The lowest BCUT2D eigenvalue weighted by atomic mass is 10.1. The first-order valence-corrected chi connectivity index (χ1v) is 8.01. The van der Waals surface area contributed by atoms with Crippen LogP contribution in [-0.2, 0) is 0 Å². The zero-order chi connectivity index (χ0) is 16.7. The van der Waals surface area contributed by atoms with Gasteiger partial charge >= 0.3 is 0 Å². The monoisotopic (exact) mass is 338 g/mol. The molecule has 2 heterocycles. The molecule has 2 aromatic heterocycles. The largest absolute Gasteiger partial charge is 0.376 e. The van der Waals surface area contributed by atoms with Crippen molar-refractivity contribution in [2.45, 2.75) is 13.0 Å². The van der Waals surface area contributed by atoms with Crippen molar-refractivity contribution >= 4 is 39.2 Å². The summed E-state index contributed by atoms with van der Waals surface area (Å²) in [6, 6.07) is 13.0. The van der Waals surface area contributed by atoms with E-state index in [1.807, 2.05) is 43.3 Å². The Kier molecular flexibility index (Phi) is 3.50. The summed E-state index contributed by atoms with van der Waals surface area (Å²) in [5.41, 5.74) is 3.99. The quantitative estimate of drug-likeness (QED) is 0.523. The Bertz CT molecular complexity index is 1100. The molecule has 2 aromatic carbocycles. The fraction of sp³-hybridized carbons (Fsp3) is 0.111. The van der Waals surface area contributed by atoms with E-state index in [0.29, 0.717) is 10.6 Å². The second kappa shape index (κ2) is 5.69. The van der Waals surface area contributed by atoms with Crippen LogP contribution in [0.25, 0.3) is 21.9 Å². The van der Waals surface area contributed by atoms with E-state index in [0.717, 1.165) is 27.6 Å². The van der Waals surface area contributed by atoms with Crippen molar-refractivity contribution in [2.75, 3.05) is 5.32 Å². The van der Waals surface area contributed by atoms with Gasteiger partial charge in [-0.25, -0.2) is 4.98 Å². The minimum Gasteiger partial charge on any atom is -0.376 e. The lowest BCUT2D eigenvalue weighted by Gasteiger charge is -2.16. The highest BCUT2D eigenvalue weighted by Gasteiger charge is 2.13. The number of rotatable bonds is 3. The van der Waals surface area contributed by atoms with Crippen LogP contribution in [0.3, 0.4) is 0 Å². The molecule has 0 bridgehead atoms. The predicted molar refractivity (Wildman–Crippen MR) is 97.7 cm³/mol. The fourth-order valence-corrected chi connectivity index (χ4v) is 3.09. The van der Waals surface area contributed by atoms with Crippen molar-refractivity contribution < 1.29 is 0 Å². The van der Waals surface area contributed by atoms with Crippen molar-refractivity contribution in [3.05, 3.63) is 69.7 Å². The molecule has 4 rings (SSSR count). The van der Waals surface area contributed by atoms with E-state index < -0.39 is 0 Å². The SMILES string of the molecule is C[C@H](Nc1cccc2[nH]cnc12)c1cc2cc(Cl)ccc2[nH]c1=O. The Morgan fingerprint density at radius 3 is 2.92 bits per heavy atom. The maximum atomic E-state index is 12.4. The number of H-pyrrole nitrogens is 2. The number of halogens is 1. The molecule has 0 aliphatic heterocycles. The molecule has 4 aromatic rings. The molecule has 0 aliphatic carbocycles. The molecule has 5 nitrogen and oxygen atoms in total. The van der Waals surface area contributed by atoms with Gasteiger partial charge in [0.15, 0.2) is 0 Å². The molecule has 1 atom stereocenters. The molecule has 0 aliphatic rings. The first-order chi connectivity index (χ1) is 11.6. The fourth-order valence-electron chi connectivity index (χ4n) is 2.91. The van der Waals surface area contributed by atoms with Gasteiger partial charge in [-0.15, -0.1) is 0 Å². The van der Waals surface area contributed by atoms with Crippen molar-refractivity contribution in [1.82, 2.24) is 15.0 Å². The second-order valence-electron chi connectivity index (χ2n) is 5.76. The van der Waals surface area contributed by atoms with Gasteiger partial charge in [0.2, 0.25) is 0 Å². The summed E-state index contributed by atoms with van der Waals surface area (Å²) < 4.78 is 0. The van der Waals surface area contributed by atoms with E-state index in [1.165, 1.54) is 0 Å². The lowest BCUT2D eigenvalue weighted by Crippen LogP contribution is -2.19. The Morgan fingerprint density at radius 2 is 2.04 bits per heavy atom. The Morgan fingerprint density at radius 1 is 1.17 bits per heavy atom. The molecular weight excluding hydrogens is 324 g/mol. The summed E-state index contributed by atoms with van der Waals surface area (Å²) in [5.74, 6) is 0. The maximum absolute atomic E-state index is 12.4. The van der Waals surface area contributed by atoms with Crippen LogP contribution in [0.2, 0.25) is 5.02 Å². The lowest BCUT2D eigenvalue weighted by molar-refractivity contribution is 0.867. The molecule has 0 unspecified atom stereocenters. The van der Waals surface area contributed by atoms with Crippen LogP contribution in [0, 0.1) is 0 Å². The average Bonchev–Trinajstić information content (AvgIpc) is 3.04. The Labute approximate surface area is 142 Å². The molecule has 120 valence electrons. The number of para-hydroxylation sites is 1. The minimum atomic E-state index is -0.181. The van der Waals surface area contributed by atoms with Crippen molar-refractivity contribution in [3.8, 4) is 0 Å². The third-order valence-corrected chi connectivity index (χ3v) is 4.36. The van der Waals surface area contributed by atoms with E-state index in [2.05, 4.69) is 20.3 Å². The van der Waals surface area contributed by atoms with Crippen LogP contribution in [0.1, 0.15) is 18.5 Å². The molecule has 0 saturated heterocycles. The number of hydrogen-bond donors (Lipinski definition) is 3. The van der Waals surface area contributed by atoms with Crippen LogP contribution >= 0.6 is 11.6 Å². The molecule has 0 radical (unpaired) electrons. The molecular formula is C18H15ClN4O. The van der Waals surface area contributed by atoms with Gasteiger partial charge < -0.3 is 15.3 Å². The molecule has 24 heavy (non-hydrogen) atoms. The van der Waals surface area contributed by atoms with Gasteiger partial charge in [-0.2, -0.15) is 0 Å². The third-order valence-electron chi connectivity index (χ3n) is 4.12. The highest BCUT2D eigenvalue weighted by atomic mass is 35.5. The van der Waals surface area contributed by atoms with Crippen LogP contribution in [0.4, 0.5) is 5.69 Å². The van der Waals surface area contributed by atoms with E-state index >= 15 is 0 Å². The highest BCUT2D eigenvalue weighted by molar-refractivity contribution is 6.31. The number of aromatic nitrogens is 3. The smallest absolute Gasteiger partial charge is 0.253 e. The number of pyridine rings is 1. The zero-order valence-corrected chi connectivity index (χ0v) is 13.7. The van der Waals surface area contributed by atoms with Gasteiger partial charge in [-0.3, -0.25) is 4.79 Å². The first-order valence-electron chi connectivity index (χ1n) is 7.63. The van der Waals surface area contributed by atoms with Gasteiger partial charge in [0.25, 0.3) is 5.56 Å². The summed E-state index contributed by atoms with van der Waals surface area (Å²) in [6.45, 7) is 1.95. The number of imidazole rings is 1. The van der Waals surface area contributed by atoms with Crippen LogP contribution in [0.5, 0.6) is 0 Å². The van der Waals surface area contributed by atoms with Crippen molar-refractivity contribution in [1.29, 1.82) is 0 Å². The van der Waals surface area contributed by atoms with Gasteiger partial charge in [-0.05, 0) is 43.3 Å². The standard InChI is InChI=1S/C18H15ClN4O/c1-10(22-16-4-2-3-15-17(16)21-9-20-15)13-8-11-7-12(19)5-6-14(11)23-18(13)24/h2-10,22H,1H3,(H,20,21)(H,23,24)/t10-/m0/s1. The summed E-state index contributed by atoms with van der Waals surface area (Å²) in [4.78, 5) is 22.7. The maximum Gasteiger partial charge on any atom is 0.253 e. The topological polar surface area (TPSA) is 73.6 Å². The van der Waals surface area contributed by atoms with E-state index in [1.54, 1.807) is 12.4 Å². The van der Waals surface area contributed by atoms with Crippen LogP contribution in [-0.4, -0.2) is 15.0 Å². The van der Waals surface area contributed by atoms with Gasteiger partial charge in [0, 0.05) is 21.5 Å². The number of benzene rings is 2. The second-order valence-corrected chi connectivity index (χ2v) is 6.19. The zero-order valence-electron chi connectivity index (χ0n) is 12.9. The van der Waals surface area contributed by atoms with E-state index in [9.17, 15) is 4.79 Å². The molecule has 3 N–H and O–H groups in total. The molecule has 0 fully saturated rings. The van der Waals surface area contributed by atoms with E-state index in [4.69, 9.17) is 11.6 Å². The minimum absolute atomic E-state index is 0.112. The van der Waals surface area contributed by atoms with Gasteiger partial charge in [0.05, 0.1) is 23.6 Å². The van der Waals surface area contributed by atoms with Crippen LogP contribution in [0.15, 0.2) is 53.6 Å². The Balaban J connectivity index is 1.75. The highest BCUT2D eigenvalue weighted by Crippen LogP contribution is 2.25. The summed E-state index contributed by atoms with van der Waals surface area (Å²) >= 11 is 6.05. The van der Waals surface area contributed by atoms with Crippen molar-refractivity contribution in [2.24, 2.45) is 0 Å². The number of nitrogens with zero attached hydrogens (tertiary/aromatic N) is 1. The predicted octanol–water partition coefficient (Wildman–Crippen LogP) is 4.23. The van der Waals surface area contributed by atoms with Gasteiger partial charge in [-0.1, -0.05) is 17.7 Å². The number of hydrogen-bond acceptors (Lipinski definition) is 3. The normalized spacial score (nSPS) is 12.6. The molecule has 0 saturated carbocycles. The molecule has 0 spiro atoms.